The van der Waals surface area contributed by atoms with E-state index in [9.17, 15) is 17.6 Å². The summed E-state index contributed by atoms with van der Waals surface area (Å²) in [4.78, 5) is 1.31. The third-order valence-corrected chi connectivity index (χ3v) is 4.76. The number of halogens is 4. The SMILES string of the molecule is Fc1ccc([C@@H](c2ccc(C(F)(F)F)cc2)[NH+]2CCC[NH2+]CC2)cc1. The summed E-state index contributed by atoms with van der Waals surface area (Å²) < 4.78 is 51.8. The number of alkyl halides is 3. The van der Waals surface area contributed by atoms with Crippen LogP contribution in [0.5, 0.6) is 0 Å². The van der Waals surface area contributed by atoms with Gasteiger partial charge in [0, 0.05) is 17.5 Å². The smallest absolute Gasteiger partial charge is 0.341 e. The Labute approximate surface area is 144 Å². The summed E-state index contributed by atoms with van der Waals surface area (Å²) in [6.45, 7) is 3.91. The predicted octanol–water partition coefficient (Wildman–Crippen LogP) is 1.79. The molecular formula is C19H22F4N2+2. The van der Waals surface area contributed by atoms with Crippen molar-refractivity contribution >= 4 is 0 Å². The van der Waals surface area contributed by atoms with Crippen molar-refractivity contribution in [1.82, 2.24) is 0 Å². The lowest BCUT2D eigenvalue weighted by molar-refractivity contribution is -0.929. The minimum atomic E-state index is -4.34. The van der Waals surface area contributed by atoms with E-state index < -0.39 is 11.7 Å². The Balaban J connectivity index is 1.96. The van der Waals surface area contributed by atoms with Gasteiger partial charge < -0.3 is 10.2 Å². The summed E-state index contributed by atoms with van der Waals surface area (Å²) in [7, 11) is 0. The highest BCUT2D eigenvalue weighted by molar-refractivity contribution is 5.32. The Morgan fingerprint density at radius 3 is 2.04 bits per heavy atom. The van der Waals surface area contributed by atoms with E-state index in [1.165, 1.54) is 17.0 Å². The molecule has 0 aliphatic carbocycles. The molecule has 1 heterocycles. The van der Waals surface area contributed by atoms with E-state index in [4.69, 9.17) is 0 Å². The van der Waals surface area contributed by atoms with Gasteiger partial charge in [-0.1, -0.05) is 12.1 Å². The van der Waals surface area contributed by atoms with Gasteiger partial charge >= 0.3 is 6.18 Å². The van der Waals surface area contributed by atoms with E-state index in [0.29, 0.717) is 0 Å². The Morgan fingerprint density at radius 2 is 1.44 bits per heavy atom. The lowest BCUT2D eigenvalue weighted by Gasteiger charge is -2.27. The second kappa shape index (κ2) is 7.54. The topological polar surface area (TPSA) is 21.1 Å². The molecule has 0 radical (unpaired) electrons. The van der Waals surface area contributed by atoms with Crippen LogP contribution in [0.4, 0.5) is 17.6 Å². The van der Waals surface area contributed by atoms with Gasteiger partial charge in [-0.3, -0.25) is 0 Å². The second-order valence-corrected chi connectivity index (χ2v) is 6.48. The van der Waals surface area contributed by atoms with E-state index in [2.05, 4.69) is 5.32 Å². The number of benzene rings is 2. The molecule has 25 heavy (non-hydrogen) atoms. The summed E-state index contributed by atoms with van der Waals surface area (Å²) in [5.74, 6) is -0.311. The lowest BCUT2D eigenvalue weighted by Crippen LogP contribution is -3.13. The normalized spacial score (nSPS) is 20.1. The molecular weight excluding hydrogens is 332 g/mol. The highest BCUT2D eigenvalue weighted by atomic mass is 19.4. The van der Waals surface area contributed by atoms with Gasteiger partial charge in [-0.2, -0.15) is 13.2 Å². The third-order valence-electron chi connectivity index (χ3n) is 4.76. The molecule has 0 spiro atoms. The zero-order valence-electron chi connectivity index (χ0n) is 13.8. The quantitative estimate of drug-likeness (QED) is 0.785. The highest BCUT2D eigenvalue weighted by Crippen LogP contribution is 2.30. The third kappa shape index (κ3) is 4.38. The fourth-order valence-corrected chi connectivity index (χ4v) is 3.50. The van der Waals surface area contributed by atoms with Gasteiger partial charge in [0.15, 0.2) is 0 Å². The van der Waals surface area contributed by atoms with E-state index >= 15 is 0 Å². The van der Waals surface area contributed by atoms with Gasteiger partial charge in [0.25, 0.3) is 0 Å². The molecule has 2 aromatic rings. The molecule has 0 bridgehead atoms. The fourth-order valence-electron chi connectivity index (χ4n) is 3.50. The van der Waals surface area contributed by atoms with Gasteiger partial charge in [-0.25, -0.2) is 4.39 Å². The zero-order valence-corrected chi connectivity index (χ0v) is 13.8. The van der Waals surface area contributed by atoms with Crippen LogP contribution < -0.4 is 10.2 Å². The van der Waals surface area contributed by atoms with E-state index in [-0.39, 0.29) is 11.9 Å². The molecule has 0 aromatic heterocycles. The van der Waals surface area contributed by atoms with Crippen molar-refractivity contribution in [3.63, 3.8) is 0 Å². The molecule has 2 nitrogen and oxygen atoms in total. The number of nitrogens with one attached hydrogen (secondary N) is 1. The van der Waals surface area contributed by atoms with E-state index in [0.717, 1.165) is 55.9 Å². The van der Waals surface area contributed by atoms with Crippen LogP contribution in [0.15, 0.2) is 48.5 Å². The van der Waals surface area contributed by atoms with Gasteiger partial charge in [-0.05, 0) is 36.4 Å². The van der Waals surface area contributed by atoms with Crippen LogP contribution in [-0.4, -0.2) is 26.2 Å². The molecule has 1 unspecified atom stereocenters. The molecule has 1 fully saturated rings. The minimum Gasteiger partial charge on any atom is -0.341 e. The van der Waals surface area contributed by atoms with E-state index in [1.54, 1.807) is 24.3 Å². The van der Waals surface area contributed by atoms with Crippen molar-refractivity contribution in [2.45, 2.75) is 18.6 Å². The van der Waals surface area contributed by atoms with Crippen LogP contribution in [0.25, 0.3) is 0 Å². The summed E-state index contributed by atoms with van der Waals surface area (Å²) >= 11 is 0. The number of rotatable bonds is 3. The summed E-state index contributed by atoms with van der Waals surface area (Å²) in [5, 5.41) is 2.27. The maximum absolute atomic E-state index is 13.3. The summed E-state index contributed by atoms with van der Waals surface area (Å²) in [6.07, 6.45) is -3.29. The van der Waals surface area contributed by atoms with Crippen molar-refractivity contribution in [2.24, 2.45) is 0 Å². The predicted molar refractivity (Wildman–Crippen MR) is 86.7 cm³/mol. The van der Waals surface area contributed by atoms with Gasteiger partial charge in [0.1, 0.15) is 24.9 Å². The first-order valence-electron chi connectivity index (χ1n) is 8.54. The molecule has 2 aromatic carbocycles. The molecule has 2 atom stereocenters. The summed E-state index contributed by atoms with van der Waals surface area (Å²) in [5.41, 5.74) is 1.11. The van der Waals surface area contributed by atoms with Crippen molar-refractivity contribution in [1.29, 1.82) is 0 Å². The van der Waals surface area contributed by atoms with Gasteiger partial charge in [0.2, 0.25) is 0 Å². The van der Waals surface area contributed by atoms with E-state index in [1.807, 2.05) is 0 Å². The zero-order chi connectivity index (χ0) is 17.9. The Kier molecular flexibility index (Phi) is 5.39. The Hall–Kier alpha value is -1.92. The van der Waals surface area contributed by atoms with Crippen molar-refractivity contribution < 1.29 is 27.8 Å². The second-order valence-electron chi connectivity index (χ2n) is 6.48. The molecule has 1 aliphatic rings. The van der Waals surface area contributed by atoms with Crippen molar-refractivity contribution in [3.05, 3.63) is 71.0 Å². The van der Waals surface area contributed by atoms with Gasteiger partial charge in [0.05, 0.1) is 18.7 Å². The minimum absolute atomic E-state index is 0.0885. The standard InChI is InChI=1S/C19H20F4N2/c20-17-8-4-15(5-9-17)18(25-12-1-10-24-11-13-25)14-2-6-16(7-3-14)19(21,22)23/h2-9,18,24H,1,10-13H2/p+2/t18-/m1/s1. The fraction of sp³-hybridized carbons (Fsp3) is 0.368. The molecule has 3 rings (SSSR count). The van der Waals surface area contributed by atoms with Crippen LogP contribution in [-0.2, 0) is 6.18 Å². The van der Waals surface area contributed by atoms with Crippen LogP contribution in [0.1, 0.15) is 29.2 Å². The van der Waals surface area contributed by atoms with Crippen LogP contribution in [0, 0.1) is 5.82 Å². The number of hydrogen-bond donors (Lipinski definition) is 2. The molecule has 0 saturated carbocycles. The Morgan fingerprint density at radius 1 is 0.840 bits per heavy atom. The first kappa shape index (κ1) is 17.9. The molecule has 1 aliphatic heterocycles. The molecule has 134 valence electrons. The maximum Gasteiger partial charge on any atom is 0.416 e. The first-order valence-corrected chi connectivity index (χ1v) is 8.54. The average Bonchev–Trinajstić information content (AvgIpc) is 2.86. The number of hydrogen-bond acceptors (Lipinski definition) is 0. The average molecular weight is 354 g/mol. The highest BCUT2D eigenvalue weighted by Gasteiger charge is 2.32. The molecule has 0 amide bonds. The first-order chi connectivity index (χ1) is 11.9. The Bertz CT molecular complexity index is 672. The molecule has 1 saturated heterocycles. The van der Waals surface area contributed by atoms with Crippen molar-refractivity contribution in [2.75, 3.05) is 26.2 Å². The van der Waals surface area contributed by atoms with Crippen LogP contribution in [0.2, 0.25) is 0 Å². The largest absolute Gasteiger partial charge is 0.416 e. The number of nitrogens with two attached hydrogens (primary N) is 1. The van der Waals surface area contributed by atoms with Crippen molar-refractivity contribution in [3.8, 4) is 0 Å². The van der Waals surface area contributed by atoms with Gasteiger partial charge in [-0.15, -0.1) is 0 Å². The number of quaternary nitrogens is 2. The monoisotopic (exact) mass is 354 g/mol. The molecule has 3 N–H and O–H groups in total. The molecule has 6 heteroatoms. The van der Waals surface area contributed by atoms with Crippen LogP contribution >= 0.6 is 0 Å². The lowest BCUT2D eigenvalue weighted by atomic mass is 9.95. The maximum atomic E-state index is 13.3. The summed E-state index contributed by atoms with van der Waals surface area (Å²) in [6, 6.07) is 11.6. The van der Waals surface area contributed by atoms with Crippen LogP contribution in [0.3, 0.4) is 0 Å².